The molecule has 1 aromatic rings. The second-order valence-corrected chi connectivity index (χ2v) is 2.88. The number of hydrogen-bond acceptors (Lipinski definition) is 3. The zero-order valence-electron chi connectivity index (χ0n) is 7.97. The summed E-state index contributed by atoms with van der Waals surface area (Å²) < 4.78 is 0. The minimum atomic E-state index is -1.01. The van der Waals surface area contributed by atoms with Crippen molar-refractivity contribution in [2.24, 2.45) is 0 Å². The number of pyridine rings is 1. The lowest BCUT2D eigenvalue weighted by Crippen LogP contribution is -2.17. The van der Waals surface area contributed by atoms with Crippen molar-refractivity contribution in [3.8, 4) is 0 Å². The van der Waals surface area contributed by atoms with Crippen LogP contribution < -0.4 is 4.90 Å². The Kier molecular flexibility index (Phi) is 3.23. The van der Waals surface area contributed by atoms with Gasteiger partial charge in [0.25, 0.3) is 0 Å². The van der Waals surface area contributed by atoms with Crippen LogP contribution in [0.1, 0.15) is 10.5 Å². The highest BCUT2D eigenvalue weighted by Crippen LogP contribution is 2.10. The second-order valence-electron chi connectivity index (χ2n) is 2.88. The number of nitrogens with zero attached hydrogens (tertiary/aromatic N) is 2. The van der Waals surface area contributed by atoms with E-state index in [1.54, 1.807) is 12.1 Å². The number of hydrogen-bond donors (Lipinski definition) is 1. The van der Waals surface area contributed by atoms with Crippen LogP contribution >= 0.6 is 0 Å². The molecule has 1 N–H and O–H groups in total. The van der Waals surface area contributed by atoms with Crippen LogP contribution in [0.4, 0.5) is 5.69 Å². The average Bonchev–Trinajstić information content (AvgIpc) is 2.18. The van der Waals surface area contributed by atoms with Gasteiger partial charge in [-0.3, -0.25) is 0 Å². The Balaban J connectivity index is 2.82. The van der Waals surface area contributed by atoms with Crippen molar-refractivity contribution in [1.29, 1.82) is 0 Å². The number of aromatic carboxylic acids is 1. The monoisotopic (exact) mass is 192 g/mol. The molecule has 0 radical (unpaired) electrons. The van der Waals surface area contributed by atoms with Crippen LogP contribution in [0, 0.1) is 0 Å². The van der Waals surface area contributed by atoms with Gasteiger partial charge in [0.05, 0.1) is 11.9 Å². The van der Waals surface area contributed by atoms with E-state index in [0.717, 1.165) is 5.69 Å². The summed E-state index contributed by atoms with van der Waals surface area (Å²) in [5.41, 5.74) is 0.927. The summed E-state index contributed by atoms with van der Waals surface area (Å²) in [4.78, 5) is 16.2. The van der Waals surface area contributed by atoms with Gasteiger partial charge in [0, 0.05) is 13.6 Å². The molecular weight excluding hydrogens is 180 g/mol. The minimum Gasteiger partial charge on any atom is -0.477 e. The number of aromatic nitrogens is 1. The van der Waals surface area contributed by atoms with Gasteiger partial charge in [-0.05, 0) is 12.1 Å². The third kappa shape index (κ3) is 2.32. The molecule has 74 valence electrons. The highest BCUT2D eigenvalue weighted by molar-refractivity contribution is 5.85. The molecule has 0 aliphatic rings. The molecule has 0 unspecified atom stereocenters. The number of rotatable bonds is 4. The van der Waals surface area contributed by atoms with E-state index >= 15 is 0 Å². The molecular formula is C10H12N2O2. The van der Waals surface area contributed by atoms with Crippen LogP contribution in [-0.4, -0.2) is 29.7 Å². The highest BCUT2D eigenvalue weighted by Gasteiger charge is 2.04. The van der Waals surface area contributed by atoms with Crippen molar-refractivity contribution in [1.82, 2.24) is 4.98 Å². The minimum absolute atomic E-state index is 0.0563. The first kappa shape index (κ1) is 10.2. The molecule has 14 heavy (non-hydrogen) atoms. The Morgan fingerprint density at radius 3 is 2.86 bits per heavy atom. The van der Waals surface area contributed by atoms with Crippen LogP contribution in [-0.2, 0) is 0 Å². The Bertz CT molecular complexity index is 332. The Morgan fingerprint density at radius 1 is 1.71 bits per heavy atom. The number of carboxylic acid groups (broad SMARTS) is 1. The van der Waals surface area contributed by atoms with Crippen molar-refractivity contribution in [3.63, 3.8) is 0 Å². The molecule has 0 fully saturated rings. The molecule has 0 bridgehead atoms. The van der Waals surface area contributed by atoms with Crippen molar-refractivity contribution < 1.29 is 9.90 Å². The van der Waals surface area contributed by atoms with Gasteiger partial charge in [0.2, 0.25) is 0 Å². The maximum atomic E-state index is 10.5. The van der Waals surface area contributed by atoms with Gasteiger partial charge in [-0.15, -0.1) is 6.58 Å². The number of anilines is 1. The predicted molar refractivity (Wildman–Crippen MR) is 54.7 cm³/mol. The van der Waals surface area contributed by atoms with Crippen LogP contribution in [0.2, 0.25) is 0 Å². The maximum absolute atomic E-state index is 10.5. The molecule has 0 amide bonds. The van der Waals surface area contributed by atoms with Crippen LogP contribution in [0.15, 0.2) is 31.0 Å². The van der Waals surface area contributed by atoms with Crippen molar-refractivity contribution >= 4 is 11.7 Å². The SMILES string of the molecule is C=CCN(C)c1ccc(C(=O)O)nc1. The van der Waals surface area contributed by atoms with Gasteiger partial charge in [-0.25, -0.2) is 9.78 Å². The molecule has 0 saturated carbocycles. The third-order valence-corrected chi connectivity index (χ3v) is 1.81. The average molecular weight is 192 g/mol. The first-order valence-corrected chi connectivity index (χ1v) is 4.16. The van der Waals surface area contributed by atoms with Gasteiger partial charge < -0.3 is 10.0 Å². The molecule has 0 aliphatic carbocycles. The summed E-state index contributed by atoms with van der Waals surface area (Å²) >= 11 is 0. The van der Waals surface area contributed by atoms with E-state index < -0.39 is 5.97 Å². The third-order valence-electron chi connectivity index (χ3n) is 1.81. The van der Waals surface area contributed by atoms with Gasteiger partial charge in [-0.1, -0.05) is 6.08 Å². The molecule has 0 spiro atoms. The fourth-order valence-electron chi connectivity index (χ4n) is 1.04. The molecule has 4 nitrogen and oxygen atoms in total. The summed E-state index contributed by atoms with van der Waals surface area (Å²) in [6, 6.07) is 3.21. The normalized spacial score (nSPS) is 9.50. The van der Waals surface area contributed by atoms with E-state index in [1.807, 2.05) is 11.9 Å². The summed E-state index contributed by atoms with van der Waals surface area (Å²) in [5, 5.41) is 8.63. The lowest BCUT2D eigenvalue weighted by atomic mass is 10.3. The largest absolute Gasteiger partial charge is 0.477 e. The van der Waals surface area contributed by atoms with Gasteiger partial charge in [0.15, 0.2) is 0 Å². The van der Waals surface area contributed by atoms with E-state index in [1.165, 1.54) is 12.3 Å². The fraction of sp³-hybridized carbons (Fsp3) is 0.200. The van der Waals surface area contributed by atoms with E-state index in [-0.39, 0.29) is 5.69 Å². The summed E-state index contributed by atoms with van der Waals surface area (Å²) in [7, 11) is 1.89. The first-order valence-electron chi connectivity index (χ1n) is 4.16. The molecule has 0 saturated heterocycles. The summed E-state index contributed by atoms with van der Waals surface area (Å²) in [6.07, 6.45) is 3.30. The Morgan fingerprint density at radius 2 is 2.43 bits per heavy atom. The lowest BCUT2D eigenvalue weighted by molar-refractivity contribution is 0.0690. The molecule has 1 aromatic heterocycles. The fourth-order valence-corrected chi connectivity index (χ4v) is 1.04. The van der Waals surface area contributed by atoms with Crippen molar-refractivity contribution in [2.45, 2.75) is 0 Å². The second kappa shape index (κ2) is 4.41. The van der Waals surface area contributed by atoms with E-state index in [2.05, 4.69) is 11.6 Å². The molecule has 4 heteroatoms. The van der Waals surface area contributed by atoms with Crippen molar-refractivity contribution in [3.05, 3.63) is 36.7 Å². The van der Waals surface area contributed by atoms with Crippen LogP contribution in [0.3, 0.4) is 0 Å². The van der Waals surface area contributed by atoms with Gasteiger partial charge in [-0.2, -0.15) is 0 Å². The number of likely N-dealkylation sites (N-methyl/N-ethyl adjacent to an activating group) is 1. The highest BCUT2D eigenvalue weighted by atomic mass is 16.4. The zero-order valence-corrected chi connectivity index (χ0v) is 7.97. The zero-order chi connectivity index (χ0) is 10.6. The van der Waals surface area contributed by atoms with E-state index in [9.17, 15) is 4.79 Å². The molecule has 0 aromatic carbocycles. The first-order chi connectivity index (χ1) is 6.65. The van der Waals surface area contributed by atoms with E-state index in [0.29, 0.717) is 6.54 Å². The molecule has 1 rings (SSSR count). The van der Waals surface area contributed by atoms with Crippen LogP contribution in [0.25, 0.3) is 0 Å². The molecule has 0 atom stereocenters. The Labute approximate surface area is 82.5 Å². The quantitative estimate of drug-likeness (QED) is 0.733. The smallest absolute Gasteiger partial charge is 0.354 e. The maximum Gasteiger partial charge on any atom is 0.354 e. The standard InChI is InChI=1S/C10H12N2O2/c1-3-6-12(2)8-4-5-9(10(13)14)11-7-8/h3-5,7H,1,6H2,2H3,(H,13,14). The summed E-state index contributed by atoms with van der Waals surface area (Å²) in [6.45, 7) is 4.32. The van der Waals surface area contributed by atoms with E-state index in [4.69, 9.17) is 5.11 Å². The van der Waals surface area contributed by atoms with Gasteiger partial charge in [0.1, 0.15) is 5.69 Å². The summed E-state index contributed by atoms with van der Waals surface area (Å²) in [5.74, 6) is -1.01. The molecule has 1 heterocycles. The topological polar surface area (TPSA) is 53.4 Å². The Hall–Kier alpha value is -1.84. The lowest BCUT2D eigenvalue weighted by Gasteiger charge is -2.16. The molecule has 0 aliphatic heterocycles. The van der Waals surface area contributed by atoms with Gasteiger partial charge >= 0.3 is 5.97 Å². The number of carbonyl (C=O) groups is 1. The van der Waals surface area contributed by atoms with Crippen LogP contribution in [0.5, 0.6) is 0 Å². The predicted octanol–water partition coefficient (Wildman–Crippen LogP) is 1.40. The number of carboxylic acids is 1. The van der Waals surface area contributed by atoms with Crippen molar-refractivity contribution in [2.75, 3.05) is 18.5 Å².